The molecule has 0 aliphatic rings. The largest absolute Gasteiger partial charge is 0.465 e. The van der Waals surface area contributed by atoms with Crippen molar-refractivity contribution in [3.8, 4) is 0 Å². The summed E-state index contributed by atoms with van der Waals surface area (Å²) in [5.74, 6) is -1.49. The highest BCUT2D eigenvalue weighted by atomic mass is 16.5. The minimum atomic E-state index is -0.796. The summed E-state index contributed by atoms with van der Waals surface area (Å²) in [5, 5.41) is 2.87. The van der Waals surface area contributed by atoms with E-state index in [2.05, 4.69) is 15.3 Å². The van der Waals surface area contributed by atoms with Crippen LogP contribution in [0.3, 0.4) is 0 Å². The van der Waals surface area contributed by atoms with Crippen LogP contribution < -0.4 is 10.2 Å². The molecule has 0 saturated heterocycles. The van der Waals surface area contributed by atoms with Gasteiger partial charge in [0.2, 0.25) is 11.9 Å². The van der Waals surface area contributed by atoms with Crippen LogP contribution >= 0.6 is 0 Å². The number of carbonyl (C=O) groups is 3. The van der Waals surface area contributed by atoms with Gasteiger partial charge in [0, 0.05) is 12.4 Å². The quantitative estimate of drug-likeness (QED) is 0.582. The van der Waals surface area contributed by atoms with Crippen LogP contribution in [-0.4, -0.2) is 53.0 Å². The third kappa shape index (κ3) is 6.93. The minimum absolute atomic E-state index is 0.0663. The molecule has 9 nitrogen and oxygen atoms in total. The van der Waals surface area contributed by atoms with Gasteiger partial charge in [0.25, 0.3) is 0 Å². The van der Waals surface area contributed by atoms with Gasteiger partial charge >= 0.3 is 11.9 Å². The maximum Gasteiger partial charge on any atom is 0.326 e. The first kappa shape index (κ1) is 23.0. The number of nitrogens with one attached hydrogen (secondary N) is 1. The zero-order valence-electron chi connectivity index (χ0n) is 17.3. The van der Waals surface area contributed by atoms with Crippen LogP contribution in [0.1, 0.15) is 26.3 Å². The normalized spacial score (nSPS) is 12.5. The average molecular weight is 414 g/mol. The fourth-order valence-corrected chi connectivity index (χ4v) is 2.61. The summed E-state index contributed by atoms with van der Waals surface area (Å²) in [4.78, 5) is 46.5. The molecule has 0 radical (unpaired) electrons. The molecule has 2 aromatic rings. The van der Waals surface area contributed by atoms with Crippen molar-refractivity contribution >= 4 is 23.8 Å². The first-order chi connectivity index (χ1) is 14.4. The molecule has 1 heterocycles. The highest BCUT2D eigenvalue weighted by Gasteiger charge is 2.29. The van der Waals surface area contributed by atoms with Crippen molar-refractivity contribution in [2.24, 2.45) is 0 Å². The fraction of sp³-hybridized carbons (Fsp3) is 0.381. The maximum atomic E-state index is 13.0. The lowest BCUT2D eigenvalue weighted by atomic mass is 10.2. The van der Waals surface area contributed by atoms with Gasteiger partial charge in [-0.25, -0.2) is 9.97 Å². The summed E-state index contributed by atoms with van der Waals surface area (Å²) >= 11 is 0. The van der Waals surface area contributed by atoms with Gasteiger partial charge in [0.15, 0.2) is 0 Å². The van der Waals surface area contributed by atoms with Crippen molar-refractivity contribution in [2.75, 3.05) is 18.1 Å². The number of hydrogen-bond donors (Lipinski definition) is 1. The smallest absolute Gasteiger partial charge is 0.326 e. The zero-order chi connectivity index (χ0) is 21.9. The minimum Gasteiger partial charge on any atom is -0.465 e. The monoisotopic (exact) mass is 414 g/mol. The molecule has 1 aromatic heterocycles. The second-order valence-corrected chi connectivity index (χ2v) is 6.48. The van der Waals surface area contributed by atoms with E-state index in [4.69, 9.17) is 9.47 Å². The van der Waals surface area contributed by atoms with Crippen LogP contribution in [0.5, 0.6) is 0 Å². The number of hydrogen-bond acceptors (Lipinski definition) is 8. The van der Waals surface area contributed by atoms with Crippen LogP contribution in [0.4, 0.5) is 5.95 Å². The van der Waals surface area contributed by atoms with Crippen LogP contribution in [0.15, 0.2) is 48.8 Å². The lowest BCUT2D eigenvalue weighted by Crippen LogP contribution is -2.51. The van der Waals surface area contributed by atoms with Gasteiger partial charge in [-0.05, 0) is 32.4 Å². The third-order valence-corrected chi connectivity index (χ3v) is 4.10. The van der Waals surface area contributed by atoms with E-state index in [9.17, 15) is 14.4 Å². The molecule has 0 aliphatic carbocycles. The van der Waals surface area contributed by atoms with E-state index in [-0.39, 0.29) is 25.7 Å². The van der Waals surface area contributed by atoms with Gasteiger partial charge in [-0.1, -0.05) is 30.3 Å². The molecule has 1 N–H and O–H groups in total. The Morgan fingerprint density at radius 2 is 1.67 bits per heavy atom. The van der Waals surface area contributed by atoms with Gasteiger partial charge in [0.05, 0.1) is 12.6 Å². The Hall–Kier alpha value is -3.33. The van der Waals surface area contributed by atoms with E-state index in [0.29, 0.717) is 0 Å². The molecule has 1 aromatic carbocycles. The standard InChI is InChI=1S/C21H26N4O5/c1-4-29-20(28)16(3)24-15(2)19(27)25(21-22-11-8-12-23-21)13-18(26)30-14-17-9-6-5-7-10-17/h5-12,15-16,24H,4,13-14H2,1-3H3/t15-,16-/m0/s1. The van der Waals surface area contributed by atoms with Gasteiger partial charge in [-0.3, -0.25) is 24.6 Å². The zero-order valence-corrected chi connectivity index (χ0v) is 17.3. The number of esters is 2. The number of rotatable bonds is 10. The summed E-state index contributed by atoms with van der Waals surface area (Å²) < 4.78 is 10.2. The molecule has 0 bridgehead atoms. The average Bonchev–Trinajstić information content (AvgIpc) is 2.77. The number of carbonyl (C=O) groups excluding carboxylic acids is 3. The van der Waals surface area contributed by atoms with Crippen LogP contribution in [0.25, 0.3) is 0 Å². The van der Waals surface area contributed by atoms with Crippen LogP contribution in [0, 0.1) is 0 Å². The molecule has 2 rings (SSSR count). The molecule has 0 saturated carbocycles. The van der Waals surface area contributed by atoms with E-state index in [1.165, 1.54) is 12.4 Å². The molecular weight excluding hydrogens is 388 g/mol. The first-order valence-corrected chi connectivity index (χ1v) is 9.63. The molecular formula is C21H26N4O5. The van der Waals surface area contributed by atoms with Crippen molar-refractivity contribution in [3.63, 3.8) is 0 Å². The van der Waals surface area contributed by atoms with E-state index in [0.717, 1.165) is 10.5 Å². The molecule has 30 heavy (non-hydrogen) atoms. The highest BCUT2D eigenvalue weighted by Crippen LogP contribution is 2.10. The van der Waals surface area contributed by atoms with Crippen molar-refractivity contribution in [1.82, 2.24) is 15.3 Å². The second-order valence-electron chi connectivity index (χ2n) is 6.48. The Bertz CT molecular complexity index is 832. The predicted molar refractivity (Wildman–Crippen MR) is 109 cm³/mol. The van der Waals surface area contributed by atoms with Gasteiger partial charge in [-0.2, -0.15) is 0 Å². The van der Waals surface area contributed by atoms with Gasteiger partial charge in [-0.15, -0.1) is 0 Å². The van der Waals surface area contributed by atoms with Gasteiger partial charge in [0.1, 0.15) is 19.2 Å². The number of amides is 1. The Balaban J connectivity index is 2.06. The number of anilines is 1. The van der Waals surface area contributed by atoms with E-state index in [1.807, 2.05) is 30.3 Å². The molecule has 9 heteroatoms. The molecule has 0 unspecified atom stereocenters. The lowest BCUT2D eigenvalue weighted by Gasteiger charge is -2.25. The number of nitrogens with zero attached hydrogens (tertiary/aromatic N) is 3. The molecule has 0 spiro atoms. The number of aromatic nitrogens is 2. The van der Waals surface area contributed by atoms with Crippen molar-refractivity contribution in [2.45, 2.75) is 39.5 Å². The number of ether oxygens (including phenoxy) is 2. The van der Waals surface area contributed by atoms with E-state index >= 15 is 0 Å². The molecule has 1 amide bonds. The highest BCUT2D eigenvalue weighted by molar-refractivity contribution is 5.99. The summed E-state index contributed by atoms with van der Waals surface area (Å²) in [6.45, 7) is 4.85. The Kier molecular flexibility index (Phi) is 8.89. The topological polar surface area (TPSA) is 111 Å². The summed E-state index contributed by atoms with van der Waals surface area (Å²) in [6, 6.07) is 9.32. The van der Waals surface area contributed by atoms with Crippen LogP contribution in [-0.2, 0) is 30.5 Å². The van der Waals surface area contributed by atoms with E-state index < -0.39 is 29.9 Å². The SMILES string of the molecule is CCOC(=O)[C@H](C)N[C@@H](C)C(=O)N(CC(=O)OCc1ccccc1)c1ncccn1. The Morgan fingerprint density at radius 3 is 2.30 bits per heavy atom. The number of benzene rings is 1. The van der Waals surface area contributed by atoms with Crippen molar-refractivity contribution in [3.05, 3.63) is 54.4 Å². The maximum absolute atomic E-state index is 13.0. The second kappa shape index (κ2) is 11.6. The predicted octanol–water partition coefficient (Wildman–Crippen LogP) is 1.48. The summed E-state index contributed by atoms with van der Waals surface area (Å²) in [7, 11) is 0. The van der Waals surface area contributed by atoms with Crippen LogP contribution in [0.2, 0.25) is 0 Å². The Labute approximate surface area is 175 Å². The molecule has 2 atom stereocenters. The lowest BCUT2D eigenvalue weighted by molar-refractivity contribution is -0.146. The molecule has 160 valence electrons. The van der Waals surface area contributed by atoms with Crippen molar-refractivity contribution < 1.29 is 23.9 Å². The summed E-state index contributed by atoms with van der Waals surface area (Å²) in [6.07, 6.45) is 2.94. The van der Waals surface area contributed by atoms with E-state index in [1.54, 1.807) is 26.8 Å². The van der Waals surface area contributed by atoms with Crippen molar-refractivity contribution in [1.29, 1.82) is 0 Å². The molecule has 0 aliphatic heterocycles. The van der Waals surface area contributed by atoms with Gasteiger partial charge < -0.3 is 9.47 Å². The fourth-order valence-electron chi connectivity index (χ4n) is 2.61. The molecule has 0 fully saturated rings. The first-order valence-electron chi connectivity index (χ1n) is 9.63. The Morgan fingerprint density at radius 1 is 1.00 bits per heavy atom. The third-order valence-electron chi connectivity index (χ3n) is 4.10. The summed E-state index contributed by atoms with van der Waals surface area (Å²) in [5.41, 5.74) is 0.831.